The molecule has 144 valence electrons. The zero-order valence-corrected chi connectivity index (χ0v) is 15.3. The second-order valence-corrected chi connectivity index (χ2v) is 6.18. The van der Waals surface area contributed by atoms with Gasteiger partial charge < -0.3 is 23.2 Å². The number of ether oxygens (including phenoxy) is 2. The minimum absolute atomic E-state index is 0.141. The van der Waals surface area contributed by atoms with Crippen molar-refractivity contribution in [1.29, 1.82) is 0 Å². The van der Waals surface area contributed by atoms with E-state index in [1.54, 1.807) is 23.1 Å². The number of benzene rings is 1. The number of carbonyl (C=O) groups excluding carboxylic acids is 1. The fraction of sp³-hybridized carbons (Fsp3) is 0.250. The second-order valence-electron chi connectivity index (χ2n) is 6.18. The normalized spacial score (nSPS) is 12.6. The number of fused-ring (bicyclic) bond motifs is 1. The van der Waals surface area contributed by atoms with Crippen molar-refractivity contribution in [3.05, 3.63) is 54.1 Å². The van der Waals surface area contributed by atoms with E-state index in [0.29, 0.717) is 35.6 Å². The fourth-order valence-electron chi connectivity index (χ4n) is 2.81. The lowest BCUT2D eigenvalue weighted by Crippen LogP contribution is -2.29. The molecule has 1 aliphatic rings. The highest BCUT2D eigenvalue weighted by Gasteiger charge is 2.17. The molecule has 3 heterocycles. The predicted octanol–water partition coefficient (Wildman–Crippen LogP) is 3.51. The van der Waals surface area contributed by atoms with Crippen molar-refractivity contribution >= 4 is 12.0 Å². The molecular weight excluding hydrogens is 362 g/mol. The zero-order valence-electron chi connectivity index (χ0n) is 15.3. The van der Waals surface area contributed by atoms with Gasteiger partial charge in [0.25, 0.3) is 5.89 Å². The molecule has 0 N–H and O–H groups in total. The summed E-state index contributed by atoms with van der Waals surface area (Å²) in [7, 11) is 0. The van der Waals surface area contributed by atoms with Gasteiger partial charge in [-0.05, 0) is 42.3 Å². The van der Waals surface area contributed by atoms with Crippen LogP contribution >= 0.6 is 0 Å². The molecule has 8 nitrogen and oxygen atoms in total. The minimum atomic E-state index is -0.141. The van der Waals surface area contributed by atoms with E-state index in [1.807, 2.05) is 25.1 Å². The lowest BCUT2D eigenvalue weighted by Gasteiger charge is -2.18. The number of carbonyl (C=O) groups is 1. The van der Waals surface area contributed by atoms with Gasteiger partial charge in [0.1, 0.15) is 0 Å². The van der Waals surface area contributed by atoms with Gasteiger partial charge in [-0.3, -0.25) is 4.79 Å². The van der Waals surface area contributed by atoms with E-state index in [-0.39, 0.29) is 19.2 Å². The van der Waals surface area contributed by atoms with E-state index in [0.717, 1.165) is 12.0 Å². The molecule has 0 bridgehead atoms. The van der Waals surface area contributed by atoms with Crippen molar-refractivity contribution < 1.29 is 23.1 Å². The Morgan fingerprint density at radius 2 is 2.11 bits per heavy atom. The van der Waals surface area contributed by atoms with Crippen LogP contribution in [-0.4, -0.2) is 34.3 Å². The summed E-state index contributed by atoms with van der Waals surface area (Å²) in [6.45, 7) is 3.02. The van der Waals surface area contributed by atoms with Crippen molar-refractivity contribution in [1.82, 2.24) is 15.1 Å². The van der Waals surface area contributed by atoms with E-state index in [2.05, 4.69) is 10.2 Å². The van der Waals surface area contributed by atoms with Gasteiger partial charge in [0.15, 0.2) is 17.3 Å². The van der Waals surface area contributed by atoms with E-state index in [1.165, 1.54) is 12.3 Å². The fourth-order valence-corrected chi connectivity index (χ4v) is 2.81. The molecule has 0 atom stereocenters. The van der Waals surface area contributed by atoms with Gasteiger partial charge in [-0.15, -0.1) is 10.2 Å². The Kier molecular flexibility index (Phi) is 5.09. The number of furan rings is 1. The Morgan fingerprint density at radius 1 is 1.21 bits per heavy atom. The summed E-state index contributed by atoms with van der Waals surface area (Å²) in [5.41, 5.74) is 0.854. The number of nitrogens with zero attached hydrogens (tertiary/aromatic N) is 3. The van der Waals surface area contributed by atoms with Crippen molar-refractivity contribution in [3.8, 4) is 23.1 Å². The van der Waals surface area contributed by atoms with Crippen LogP contribution in [0.1, 0.15) is 24.8 Å². The van der Waals surface area contributed by atoms with Crippen LogP contribution in [0.25, 0.3) is 17.7 Å². The van der Waals surface area contributed by atoms with E-state index < -0.39 is 0 Å². The molecule has 1 amide bonds. The van der Waals surface area contributed by atoms with Crippen LogP contribution in [0.3, 0.4) is 0 Å². The lowest BCUT2D eigenvalue weighted by molar-refractivity contribution is -0.126. The quantitative estimate of drug-likeness (QED) is 0.578. The first-order valence-electron chi connectivity index (χ1n) is 8.96. The monoisotopic (exact) mass is 381 g/mol. The molecule has 0 saturated carbocycles. The average molecular weight is 381 g/mol. The van der Waals surface area contributed by atoms with Crippen molar-refractivity contribution in [2.75, 3.05) is 13.3 Å². The van der Waals surface area contributed by atoms with Crippen LogP contribution in [0, 0.1) is 0 Å². The summed E-state index contributed by atoms with van der Waals surface area (Å²) in [6.07, 6.45) is 5.61. The maximum Gasteiger partial charge on any atom is 0.283 e. The van der Waals surface area contributed by atoms with Gasteiger partial charge in [-0.25, -0.2) is 0 Å². The smallest absolute Gasteiger partial charge is 0.283 e. The summed E-state index contributed by atoms with van der Waals surface area (Å²) in [5.74, 6) is 2.38. The van der Waals surface area contributed by atoms with E-state index in [4.69, 9.17) is 18.3 Å². The average Bonchev–Trinajstić information content (AvgIpc) is 3.46. The van der Waals surface area contributed by atoms with Gasteiger partial charge >= 0.3 is 0 Å². The van der Waals surface area contributed by atoms with Crippen molar-refractivity contribution in [2.24, 2.45) is 0 Å². The highest BCUT2D eigenvalue weighted by Crippen LogP contribution is 2.32. The Balaban J connectivity index is 1.44. The molecule has 0 saturated heterocycles. The molecular formula is C20H19N3O5. The molecule has 0 unspecified atom stereocenters. The lowest BCUT2D eigenvalue weighted by atomic mass is 10.2. The molecule has 2 aromatic heterocycles. The predicted molar refractivity (Wildman–Crippen MR) is 99.3 cm³/mol. The largest absolute Gasteiger partial charge is 0.459 e. The minimum Gasteiger partial charge on any atom is -0.459 e. The Bertz CT molecular complexity index is 978. The van der Waals surface area contributed by atoms with Crippen LogP contribution in [-0.2, 0) is 11.3 Å². The zero-order chi connectivity index (χ0) is 19.3. The third-order valence-corrected chi connectivity index (χ3v) is 4.15. The Labute approximate surface area is 161 Å². The maximum absolute atomic E-state index is 12.7. The summed E-state index contributed by atoms with van der Waals surface area (Å²) in [6, 6.07) is 9.01. The third-order valence-electron chi connectivity index (χ3n) is 4.15. The second kappa shape index (κ2) is 7.99. The molecule has 3 aromatic rings. The molecule has 28 heavy (non-hydrogen) atoms. The summed E-state index contributed by atoms with van der Waals surface area (Å²) in [4.78, 5) is 14.3. The first kappa shape index (κ1) is 17.8. The highest BCUT2D eigenvalue weighted by molar-refractivity contribution is 5.91. The third kappa shape index (κ3) is 3.90. The van der Waals surface area contributed by atoms with E-state index >= 15 is 0 Å². The number of amides is 1. The molecule has 0 aliphatic carbocycles. The summed E-state index contributed by atoms with van der Waals surface area (Å²) in [5, 5.41) is 7.98. The van der Waals surface area contributed by atoms with Crippen LogP contribution in [0.15, 0.2) is 51.5 Å². The van der Waals surface area contributed by atoms with Gasteiger partial charge in [0.05, 0.1) is 12.8 Å². The number of hydrogen-bond acceptors (Lipinski definition) is 7. The SMILES string of the molecule is CCCN(Cc1nnc(-c2ccco2)o1)C(=O)/C=C/c1ccc2c(c1)OCO2. The van der Waals surface area contributed by atoms with Gasteiger partial charge in [0, 0.05) is 12.6 Å². The van der Waals surface area contributed by atoms with Crippen LogP contribution < -0.4 is 9.47 Å². The van der Waals surface area contributed by atoms with Crippen LogP contribution in [0.4, 0.5) is 0 Å². The molecule has 0 spiro atoms. The van der Waals surface area contributed by atoms with Crippen LogP contribution in [0.2, 0.25) is 0 Å². The van der Waals surface area contributed by atoms with E-state index in [9.17, 15) is 4.79 Å². The maximum atomic E-state index is 12.7. The molecule has 1 aliphatic heterocycles. The Hall–Kier alpha value is -3.55. The van der Waals surface area contributed by atoms with Crippen LogP contribution in [0.5, 0.6) is 11.5 Å². The van der Waals surface area contributed by atoms with Crippen molar-refractivity contribution in [3.63, 3.8) is 0 Å². The summed E-state index contributed by atoms with van der Waals surface area (Å²) >= 11 is 0. The molecule has 1 aromatic carbocycles. The first-order valence-corrected chi connectivity index (χ1v) is 8.96. The highest BCUT2D eigenvalue weighted by atomic mass is 16.7. The van der Waals surface area contributed by atoms with Crippen molar-refractivity contribution in [2.45, 2.75) is 19.9 Å². The van der Waals surface area contributed by atoms with Gasteiger partial charge in [-0.1, -0.05) is 13.0 Å². The topological polar surface area (TPSA) is 90.8 Å². The first-order chi connectivity index (χ1) is 13.7. The summed E-state index contributed by atoms with van der Waals surface area (Å²) < 4.78 is 21.5. The molecule has 0 radical (unpaired) electrons. The number of rotatable bonds is 7. The van der Waals surface area contributed by atoms with Gasteiger partial charge in [0.2, 0.25) is 18.6 Å². The molecule has 0 fully saturated rings. The Morgan fingerprint density at radius 3 is 2.93 bits per heavy atom. The van der Waals surface area contributed by atoms with Gasteiger partial charge in [-0.2, -0.15) is 0 Å². The molecule has 4 rings (SSSR count). The standard InChI is InChI=1S/C20H19N3O5/c1-2-9-23(12-18-21-22-20(28-18)16-4-3-10-25-16)19(24)8-6-14-5-7-15-17(11-14)27-13-26-15/h3-8,10-11H,2,9,12-13H2,1H3/b8-6+. The number of aromatic nitrogens is 2. The number of hydrogen-bond donors (Lipinski definition) is 0. The molecule has 8 heteroatoms.